The molecule has 7 nitrogen and oxygen atoms in total. The van der Waals surface area contributed by atoms with Crippen LogP contribution in [0.15, 0.2) is 42.5 Å². The van der Waals surface area contributed by atoms with Gasteiger partial charge in [-0.3, -0.25) is 14.9 Å². The van der Waals surface area contributed by atoms with E-state index in [1.165, 1.54) is 19.1 Å². The van der Waals surface area contributed by atoms with E-state index in [1.807, 2.05) is 18.2 Å². The van der Waals surface area contributed by atoms with Gasteiger partial charge in [0.2, 0.25) is 0 Å². The van der Waals surface area contributed by atoms with Crippen molar-refractivity contribution in [2.75, 3.05) is 5.32 Å². The first-order valence-corrected chi connectivity index (χ1v) is 9.17. The third kappa shape index (κ3) is 5.07. The van der Waals surface area contributed by atoms with Crippen LogP contribution in [0, 0.1) is 10.1 Å². The average molecular weight is 405 g/mol. The highest BCUT2D eigenvalue weighted by atomic mass is 35.5. The molecule has 28 heavy (non-hydrogen) atoms. The largest absolute Gasteiger partial charge is 0.449 e. The highest BCUT2D eigenvalue weighted by Crippen LogP contribution is 2.27. The maximum Gasteiger partial charge on any atom is 0.339 e. The maximum absolute atomic E-state index is 12.5. The molecular formula is C20H21ClN2O5. The Morgan fingerprint density at radius 1 is 1.21 bits per heavy atom. The van der Waals surface area contributed by atoms with Crippen molar-refractivity contribution in [1.82, 2.24) is 0 Å². The lowest BCUT2D eigenvalue weighted by Gasteiger charge is -2.18. The van der Waals surface area contributed by atoms with Crippen LogP contribution in [0.5, 0.6) is 0 Å². The van der Waals surface area contributed by atoms with Crippen LogP contribution in [-0.2, 0) is 9.53 Å². The van der Waals surface area contributed by atoms with E-state index in [2.05, 4.69) is 19.2 Å². The fourth-order valence-electron chi connectivity index (χ4n) is 2.56. The molecule has 0 saturated heterocycles. The summed E-state index contributed by atoms with van der Waals surface area (Å²) in [5, 5.41) is 13.6. The molecule has 0 fully saturated rings. The molecule has 0 aromatic heterocycles. The topological polar surface area (TPSA) is 98.5 Å². The number of nitro groups is 1. The van der Waals surface area contributed by atoms with E-state index in [4.69, 9.17) is 16.3 Å². The molecule has 0 saturated carbocycles. The molecule has 0 radical (unpaired) electrons. The minimum absolute atomic E-state index is 0.0595. The van der Waals surface area contributed by atoms with Crippen LogP contribution in [0.4, 0.5) is 11.4 Å². The van der Waals surface area contributed by atoms with Crippen molar-refractivity contribution < 1.29 is 19.2 Å². The SMILES string of the molecule is CC[C@H](C)c1ccccc1NC(=O)[C@H](C)OC(=O)c1ccc(Cl)c([N+](=O)[O-])c1. The molecule has 0 aliphatic rings. The summed E-state index contributed by atoms with van der Waals surface area (Å²) < 4.78 is 5.16. The Balaban J connectivity index is 2.10. The molecule has 2 rings (SSSR count). The van der Waals surface area contributed by atoms with Gasteiger partial charge in [-0.1, -0.05) is 43.6 Å². The van der Waals surface area contributed by atoms with Crippen molar-refractivity contribution in [3.63, 3.8) is 0 Å². The van der Waals surface area contributed by atoms with Crippen LogP contribution < -0.4 is 5.32 Å². The summed E-state index contributed by atoms with van der Waals surface area (Å²) in [6.07, 6.45) is -0.181. The van der Waals surface area contributed by atoms with Gasteiger partial charge in [-0.05, 0) is 43.0 Å². The number of esters is 1. The highest BCUT2D eigenvalue weighted by molar-refractivity contribution is 6.32. The zero-order valence-corrected chi connectivity index (χ0v) is 16.5. The van der Waals surface area contributed by atoms with Crippen LogP contribution in [0.1, 0.15) is 49.0 Å². The number of nitrogens with one attached hydrogen (secondary N) is 1. The van der Waals surface area contributed by atoms with Crippen LogP contribution >= 0.6 is 11.6 Å². The molecule has 0 spiro atoms. The van der Waals surface area contributed by atoms with Crippen molar-refractivity contribution in [3.05, 3.63) is 68.7 Å². The van der Waals surface area contributed by atoms with Gasteiger partial charge in [0.1, 0.15) is 5.02 Å². The molecule has 2 atom stereocenters. The number of carbonyl (C=O) groups excluding carboxylic acids is 2. The van der Waals surface area contributed by atoms with E-state index in [0.29, 0.717) is 5.69 Å². The first-order chi connectivity index (χ1) is 13.2. The Morgan fingerprint density at radius 3 is 2.54 bits per heavy atom. The lowest BCUT2D eigenvalue weighted by atomic mass is 9.97. The van der Waals surface area contributed by atoms with Gasteiger partial charge >= 0.3 is 5.97 Å². The molecule has 148 valence electrons. The lowest BCUT2D eigenvalue weighted by Crippen LogP contribution is -2.30. The van der Waals surface area contributed by atoms with E-state index >= 15 is 0 Å². The van der Waals surface area contributed by atoms with Crippen molar-refractivity contribution in [2.24, 2.45) is 0 Å². The molecule has 0 bridgehead atoms. The summed E-state index contributed by atoms with van der Waals surface area (Å²) >= 11 is 5.74. The van der Waals surface area contributed by atoms with Crippen molar-refractivity contribution in [3.8, 4) is 0 Å². The third-order valence-electron chi connectivity index (χ3n) is 4.39. The van der Waals surface area contributed by atoms with Crippen LogP contribution in [-0.4, -0.2) is 22.9 Å². The summed E-state index contributed by atoms with van der Waals surface area (Å²) in [6.45, 7) is 5.55. The van der Waals surface area contributed by atoms with Crippen molar-refractivity contribution in [1.29, 1.82) is 0 Å². The van der Waals surface area contributed by atoms with Gasteiger partial charge in [0, 0.05) is 11.8 Å². The van der Waals surface area contributed by atoms with Crippen LogP contribution in [0.3, 0.4) is 0 Å². The second kappa shape index (κ2) is 9.32. The van der Waals surface area contributed by atoms with E-state index in [9.17, 15) is 19.7 Å². The fourth-order valence-corrected chi connectivity index (χ4v) is 2.74. The number of amides is 1. The first kappa shape index (κ1) is 21.4. The molecule has 2 aromatic carbocycles. The Kier molecular flexibility index (Phi) is 7.12. The van der Waals surface area contributed by atoms with E-state index in [0.717, 1.165) is 18.1 Å². The van der Waals surface area contributed by atoms with E-state index < -0.39 is 28.6 Å². The third-order valence-corrected chi connectivity index (χ3v) is 4.71. The van der Waals surface area contributed by atoms with Crippen molar-refractivity contribution >= 4 is 34.9 Å². The summed E-state index contributed by atoms with van der Waals surface area (Å²) in [5.41, 5.74) is 1.18. The zero-order valence-electron chi connectivity index (χ0n) is 15.8. The summed E-state index contributed by atoms with van der Waals surface area (Å²) in [4.78, 5) is 35.0. The number of carbonyl (C=O) groups is 2. The molecule has 8 heteroatoms. The molecule has 2 aromatic rings. The summed E-state index contributed by atoms with van der Waals surface area (Å²) in [6, 6.07) is 11.0. The fraction of sp³-hybridized carbons (Fsp3) is 0.300. The number of nitro benzene ring substituents is 1. The Morgan fingerprint density at radius 2 is 1.89 bits per heavy atom. The monoisotopic (exact) mass is 404 g/mol. The Hall–Kier alpha value is -2.93. The number of hydrogen-bond acceptors (Lipinski definition) is 5. The van der Waals surface area contributed by atoms with E-state index in [1.54, 1.807) is 6.07 Å². The molecular weight excluding hydrogens is 384 g/mol. The predicted octanol–water partition coefficient (Wildman–Crippen LogP) is 4.95. The van der Waals surface area contributed by atoms with Gasteiger partial charge in [-0.2, -0.15) is 0 Å². The zero-order chi connectivity index (χ0) is 20.8. The van der Waals surface area contributed by atoms with Gasteiger partial charge in [0.15, 0.2) is 6.10 Å². The number of hydrogen-bond donors (Lipinski definition) is 1. The minimum Gasteiger partial charge on any atom is -0.449 e. The standard InChI is InChI=1S/C20H21ClN2O5/c1-4-12(2)15-7-5-6-8-17(15)22-19(24)13(3)28-20(25)14-9-10-16(21)18(11-14)23(26)27/h5-13H,4H2,1-3H3,(H,22,24)/t12-,13-/m0/s1. The highest BCUT2D eigenvalue weighted by Gasteiger charge is 2.23. The smallest absolute Gasteiger partial charge is 0.339 e. The average Bonchev–Trinajstić information content (AvgIpc) is 2.67. The number of rotatable bonds is 7. The summed E-state index contributed by atoms with van der Waals surface area (Å²) in [5.74, 6) is -1.09. The van der Waals surface area contributed by atoms with Gasteiger partial charge in [0.05, 0.1) is 10.5 Å². The molecule has 0 heterocycles. The Labute approximate surface area is 167 Å². The van der Waals surface area contributed by atoms with E-state index in [-0.39, 0.29) is 16.5 Å². The summed E-state index contributed by atoms with van der Waals surface area (Å²) in [7, 11) is 0. The second-order valence-corrected chi connectivity index (χ2v) is 6.76. The number of halogens is 1. The molecule has 0 aliphatic heterocycles. The Bertz CT molecular complexity index is 900. The second-order valence-electron chi connectivity index (χ2n) is 6.36. The van der Waals surface area contributed by atoms with Crippen LogP contribution in [0.25, 0.3) is 0 Å². The number of ether oxygens (including phenoxy) is 1. The molecule has 1 amide bonds. The molecule has 1 N–H and O–H groups in total. The van der Waals surface area contributed by atoms with Gasteiger partial charge in [-0.25, -0.2) is 4.79 Å². The minimum atomic E-state index is -1.09. The maximum atomic E-state index is 12.5. The predicted molar refractivity (Wildman–Crippen MR) is 107 cm³/mol. The molecule has 0 aliphatic carbocycles. The van der Waals surface area contributed by atoms with Gasteiger partial charge in [-0.15, -0.1) is 0 Å². The number of para-hydroxylation sites is 1. The number of benzene rings is 2. The normalized spacial score (nSPS) is 12.7. The quantitative estimate of drug-likeness (QED) is 0.400. The number of anilines is 1. The van der Waals surface area contributed by atoms with Gasteiger partial charge in [0.25, 0.3) is 11.6 Å². The van der Waals surface area contributed by atoms with Crippen molar-refractivity contribution in [2.45, 2.75) is 39.2 Å². The number of nitrogens with zero attached hydrogens (tertiary/aromatic N) is 1. The van der Waals surface area contributed by atoms with Gasteiger partial charge < -0.3 is 10.1 Å². The lowest BCUT2D eigenvalue weighted by molar-refractivity contribution is -0.384. The first-order valence-electron chi connectivity index (χ1n) is 8.79. The van der Waals surface area contributed by atoms with Crippen LogP contribution in [0.2, 0.25) is 5.02 Å². The molecule has 0 unspecified atom stereocenters.